The van der Waals surface area contributed by atoms with Gasteiger partial charge in [-0.1, -0.05) is 24.3 Å². The Balaban J connectivity index is 2.13. The monoisotopic (exact) mass is 263 g/mol. The largest absolute Gasteiger partial charge is 0.444 e. The summed E-state index contributed by atoms with van der Waals surface area (Å²) in [6.07, 6.45) is -0.480. The second kappa shape index (κ2) is 5.21. The molecular formula is C15H21NO3. The van der Waals surface area contributed by atoms with Crippen LogP contribution in [-0.4, -0.2) is 17.8 Å². The number of hydrogen-bond donors (Lipinski definition) is 1. The van der Waals surface area contributed by atoms with E-state index in [9.17, 15) is 4.79 Å². The molecule has 19 heavy (non-hydrogen) atoms. The lowest BCUT2D eigenvalue weighted by Crippen LogP contribution is -2.41. The topological polar surface area (TPSA) is 47.6 Å². The Morgan fingerprint density at radius 3 is 2.74 bits per heavy atom. The Labute approximate surface area is 114 Å². The zero-order valence-electron chi connectivity index (χ0n) is 11.9. The van der Waals surface area contributed by atoms with E-state index < -0.39 is 11.7 Å². The summed E-state index contributed by atoms with van der Waals surface area (Å²) in [7, 11) is 0. The number of nitrogens with one attached hydrogen (secondary N) is 1. The molecule has 0 unspecified atom stereocenters. The van der Waals surface area contributed by atoms with Gasteiger partial charge in [0.1, 0.15) is 5.60 Å². The van der Waals surface area contributed by atoms with Gasteiger partial charge in [0.05, 0.1) is 18.8 Å². The molecule has 4 heteroatoms. The zero-order chi connectivity index (χ0) is 14.0. The smallest absolute Gasteiger partial charge is 0.408 e. The first kappa shape index (κ1) is 13.9. The number of rotatable bonds is 1. The number of carbonyl (C=O) groups is 1. The summed E-state index contributed by atoms with van der Waals surface area (Å²) >= 11 is 0. The minimum atomic E-state index is -0.498. The predicted molar refractivity (Wildman–Crippen MR) is 72.8 cm³/mol. The maximum absolute atomic E-state index is 11.9. The van der Waals surface area contributed by atoms with Crippen molar-refractivity contribution in [1.29, 1.82) is 0 Å². The first-order valence-electron chi connectivity index (χ1n) is 6.56. The molecule has 1 aromatic rings. The fraction of sp³-hybridized carbons (Fsp3) is 0.533. The number of alkyl carbamates (subject to hydrolysis) is 1. The van der Waals surface area contributed by atoms with E-state index in [4.69, 9.17) is 9.47 Å². The number of benzene rings is 1. The standard InChI is InChI=1S/C15H21NO3/c1-10-13(16-14(17)19-15(2,3)4)12-8-6-5-7-11(12)9-18-10/h5-8,10,13H,9H2,1-4H3,(H,16,17)/t10-,13-/m1/s1. The quantitative estimate of drug-likeness (QED) is 0.846. The number of ether oxygens (including phenoxy) is 2. The Kier molecular flexibility index (Phi) is 3.80. The molecule has 0 fully saturated rings. The van der Waals surface area contributed by atoms with Crippen LogP contribution in [0.5, 0.6) is 0 Å². The van der Waals surface area contributed by atoms with Crippen molar-refractivity contribution in [3.63, 3.8) is 0 Å². The third-order valence-electron chi connectivity index (χ3n) is 3.03. The third-order valence-corrected chi connectivity index (χ3v) is 3.03. The summed E-state index contributed by atoms with van der Waals surface area (Å²) in [5.74, 6) is 0. The Morgan fingerprint density at radius 2 is 2.05 bits per heavy atom. The molecule has 4 nitrogen and oxygen atoms in total. The number of hydrogen-bond acceptors (Lipinski definition) is 3. The minimum absolute atomic E-state index is 0.0672. The van der Waals surface area contributed by atoms with Gasteiger partial charge in [0.25, 0.3) is 0 Å². The number of amides is 1. The maximum atomic E-state index is 11.9. The van der Waals surface area contributed by atoms with Gasteiger partial charge in [-0.05, 0) is 38.8 Å². The molecule has 2 atom stereocenters. The average molecular weight is 263 g/mol. The summed E-state index contributed by atoms with van der Waals surface area (Å²) < 4.78 is 11.0. The van der Waals surface area contributed by atoms with Crippen molar-refractivity contribution in [3.8, 4) is 0 Å². The van der Waals surface area contributed by atoms with Crippen LogP contribution in [0, 0.1) is 0 Å². The summed E-state index contributed by atoms with van der Waals surface area (Å²) in [5.41, 5.74) is 1.72. The van der Waals surface area contributed by atoms with Crippen LogP contribution in [0.15, 0.2) is 24.3 Å². The van der Waals surface area contributed by atoms with Gasteiger partial charge >= 0.3 is 6.09 Å². The summed E-state index contributed by atoms with van der Waals surface area (Å²) in [5, 5.41) is 2.90. The lowest BCUT2D eigenvalue weighted by Gasteiger charge is -2.32. The summed E-state index contributed by atoms with van der Waals surface area (Å²) in [6, 6.07) is 7.82. The highest BCUT2D eigenvalue weighted by molar-refractivity contribution is 5.68. The molecule has 0 aromatic heterocycles. The van der Waals surface area contributed by atoms with Gasteiger partial charge in [-0.2, -0.15) is 0 Å². The molecule has 1 heterocycles. The average Bonchev–Trinajstić information content (AvgIpc) is 2.31. The van der Waals surface area contributed by atoms with E-state index in [0.29, 0.717) is 6.61 Å². The van der Waals surface area contributed by atoms with E-state index in [-0.39, 0.29) is 12.1 Å². The molecule has 0 radical (unpaired) electrons. The van der Waals surface area contributed by atoms with Crippen molar-refractivity contribution in [3.05, 3.63) is 35.4 Å². The second-order valence-electron chi connectivity index (χ2n) is 5.84. The lowest BCUT2D eigenvalue weighted by atomic mass is 9.95. The molecule has 0 bridgehead atoms. The van der Waals surface area contributed by atoms with Crippen LogP contribution in [0.4, 0.5) is 4.79 Å². The normalized spacial score (nSPS) is 22.5. The van der Waals surface area contributed by atoms with E-state index in [2.05, 4.69) is 5.32 Å². The Hall–Kier alpha value is -1.55. The first-order valence-corrected chi connectivity index (χ1v) is 6.56. The van der Waals surface area contributed by atoms with Crippen LogP contribution in [-0.2, 0) is 16.1 Å². The fourth-order valence-electron chi connectivity index (χ4n) is 2.17. The maximum Gasteiger partial charge on any atom is 0.408 e. The van der Waals surface area contributed by atoms with Gasteiger partial charge in [-0.15, -0.1) is 0 Å². The number of carbonyl (C=O) groups excluding carboxylic acids is 1. The molecule has 1 amide bonds. The summed E-state index contributed by atoms with van der Waals surface area (Å²) in [6.45, 7) is 8.09. The molecule has 0 saturated heterocycles. The van der Waals surface area contributed by atoms with Crippen molar-refractivity contribution >= 4 is 6.09 Å². The van der Waals surface area contributed by atoms with Crippen LogP contribution in [0.25, 0.3) is 0 Å². The Morgan fingerprint density at radius 1 is 1.37 bits per heavy atom. The molecule has 1 aliphatic rings. The predicted octanol–water partition coefficient (Wildman–Crippen LogP) is 3.17. The van der Waals surface area contributed by atoms with Crippen molar-refractivity contribution < 1.29 is 14.3 Å². The first-order chi connectivity index (χ1) is 8.87. The molecule has 0 aliphatic carbocycles. The molecular weight excluding hydrogens is 242 g/mol. The van der Waals surface area contributed by atoms with Crippen LogP contribution in [0.1, 0.15) is 44.9 Å². The van der Waals surface area contributed by atoms with E-state index in [1.54, 1.807) is 0 Å². The van der Waals surface area contributed by atoms with Crippen molar-refractivity contribution in [2.24, 2.45) is 0 Å². The molecule has 1 aromatic carbocycles. The van der Waals surface area contributed by atoms with Crippen molar-refractivity contribution in [1.82, 2.24) is 5.32 Å². The van der Waals surface area contributed by atoms with Gasteiger partial charge in [-0.3, -0.25) is 0 Å². The highest BCUT2D eigenvalue weighted by atomic mass is 16.6. The van der Waals surface area contributed by atoms with Gasteiger partial charge in [-0.25, -0.2) is 4.79 Å². The number of fused-ring (bicyclic) bond motifs is 1. The van der Waals surface area contributed by atoms with Gasteiger partial charge < -0.3 is 14.8 Å². The van der Waals surface area contributed by atoms with Crippen molar-refractivity contribution in [2.45, 2.75) is 52.0 Å². The Bertz CT molecular complexity index is 465. The second-order valence-corrected chi connectivity index (χ2v) is 5.84. The van der Waals surface area contributed by atoms with Crippen LogP contribution in [0.3, 0.4) is 0 Å². The van der Waals surface area contributed by atoms with E-state index >= 15 is 0 Å². The molecule has 1 aliphatic heterocycles. The van der Waals surface area contributed by atoms with Gasteiger partial charge in [0, 0.05) is 0 Å². The van der Waals surface area contributed by atoms with Gasteiger partial charge in [0.2, 0.25) is 0 Å². The molecule has 0 saturated carbocycles. The molecule has 0 spiro atoms. The summed E-state index contributed by atoms with van der Waals surface area (Å²) in [4.78, 5) is 11.9. The van der Waals surface area contributed by atoms with E-state index in [1.165, 1.54) is 0 Å². The lowest BCUT2D eigenvalue weighted by molar-refractivity contribution is 0.00255. The zero-order valence-corrected chi connectivity index (χ0v) is 11.9. The highest BCUT2D eigenvalue weighted by Crippen LogP contribution is 2.29. The van der Waals surface area contributed by atoms with Crippen LogP contribution < -0.4 is 5.32 Å². The van der Waals surface area contributed by atoms with Crippen LogP contribution in [0.2, 0.25) is 0 Å². The van der Waals surface area contributed by atoms with Gasteiger partial charge in [0.15, 0.2) is 0 Å². The third kappa shape index (κ3) is 3.47. The van der Waals surface area contributed by atoms with Crippen LogP contribution >= 0.6 is 0 Å². The minimum Gasteiger partial charge on any atom is -0.444 e. The SMILES string of the molecule is C[C@H]1OCc2ccccc2[C@@H]1NC(=O)OC(C)(C)C. The van der Waals surface area contributed by atoms with Crippen molar-refractivity contribution in [2.75, 3.05) is 0 Å². The molecule has 2 rings (SSSR count). The van der Waals surface area contributed by atoms with E-state index in [0.717, 1.165) is 11.1 Å². The highest BCUT2D eigenvalue weighted by Gasteiger charge is 2.29. The fourth-order valence-corrected chi connectivity index (χ4v) is 2.17. The van der Waals surface area contributed by atoms with E-state index in [1.807, 2.05) is 52.0 Å². The molecule has 1 N–H and O–H groups in total. The molecule has 104 valence electrons.